The highest BCUT2D eigenvalue weighted by Crippen LogP contribution is 2.57. The highest BCUT2D eigenvalue weighted by atomic mass is 16.6. The number of imide groups is 2. The summed E-state index contributed by atoms with van der Waals surface area (Å²) < 4.78 is 5.62. The van der Waals surface area contributed by atoms with Crippen molar-refractivity contribution in [1.29, 1.82) is 0 Å². The maximum Gasteiger partial charge on any atom is 0.331 e. The molecule has 9 nitrogen and oxygen atoms in total. The number of carbonyl (C=O) groups excluding carboxylic acids is 5. The Hall–Kier alpha value is -4.11. The second kappa shape index (κ2) is 7.49. The van der Waals surface area contributed by atoms with Crippen molar-refractivity contribution in [3.05, 3.63) is 71.8 Å². The minimum absolute atomic E-state index is 0.0468. The Morgan fingerprint density at radius 2 is 1.33 bits per heavy atom. The molecule has 2 aromatic carbocycles. The van der Waals surface area contributed by atoms with Crippen molar-refractivity contribution in [2.75, 3.05) is 9.80 Å². The quantitative estimate of drug-likeness (QED) is 0.560. The van der Waals surface area contributed by atoms with E-state index >= 15 is 0 Å². The molecule has 2 aromatic rings. The normalized spacial score (nSPS) is 23.6. The van der Waals surface area contributed by atoms with E-state index < -0.39 is 40.8 Å². The van der Waals surface area contributed by atoms with Crippen LogP contribution < -0.4 is 9.80 Å². The monoisotopic (exact) mass is 448 g/mol. The molecule has 2 unspecified atom stereocenters. The second-order valence-corrected chi connectivity index (χ2v) is 7.67. The number of nitrogens with zero attached hydrogens (tertiary/aromatic N) is 2. The number of aliphatic hydroxyl groups is 1. The van der Waals surface area contributed by atoms with Gasteiger partial charge in [-0.05, 0) is 19.1 Å². The number of amides is 4. The van der Waals surface area contributed by atoms with Gasteiger partial charge in [0.2, 0.25) is 17.4 Å². The van der Waals surface area contributed by atoms with Crippen LogP contribution in [0.2, 0.25) is 0 Å². The zero-order chi connectivity index (χ0) is 24.1. The van der Waals surface area contributed by atoms with Crippen molar-refractivity contribution in [2.24, 2.45) is 0 Å². The molecule has 0 saturated carbocycles. The van der Waals surface area contributed by atoms with E-state index in [-0.39, 0.29) is 22.5 Å². The summed E-state index contributed by atoms with van der Waals surface area (Å²) in [4.78, 5) is 66.6. The largest absolute Gasteiger partial charge is 0.436 e. The van der Waals surface area contributed by atoms with Gasteiger partial charge in [-0.25, -0.2) is 14.6 Å². The first-order valence-electron chi connectivity index (χ1n) is 10.1. The molecular formula is C24H20N2O7. The van der Waals surface area contributed by atoms with Crippen molar-refractivity contribution in [3.8, 4) is 0 Å². The number of rotatable bonds is 3. The Labute approximate surface area is 188 Å². The maximum atomic E-state index is 13.9. The summed E-state index contributed by atoms with van der Waals surface area (Å²) in [6, 6.07) is 11.8. The van der Waals surface area contributed by atoms with Crippen molar-refractivity contribution < 1.29 is 33.8 Å². The number of allylic oxidation sites excluding steroid dienone is 1. The summed E-state index contributed by atoms with van der Waals surface area (Å²) in [6.07, 6.45) is 2.38. The smallest absolute Gasteiger partial charge is 0.331 e. The first kappa shape index (κ1) is 22.1. The first-order valence-corrected chi connectivity index (χ1v) is 10.1. The van der Waals surface area contributed by atoms with Crippen LogP contribution in [0.25, 0.3) is 0 Å². The lowest BCUT2D eigenvalue weighted by Crippen LogP contribution is -2.62. The fourth-order valence-corrected chi connectivity index (χ4v) is 4.52. The highest BCUT2D eigenvalue weighted by molar-refractivity contribution is 6.28. The van der Waals surface area contributed by atoms with Crippen molar-refractivity contribution in [1.82, 2.24) is 0 Å². The van der Waals surface area contributed by atoms with Crippen LogP contribution in [0.15, 0.2) is 60.7 Å². The van der Waals surface area contributed by atoms with E-state index in [0.717, 1.165) is 29.7 Å². The zero-order valence-corrected chi connectivity index (χ0v) is 18.1. The molecule has 9 heteroatoms. The average Bonchev–Trinajstić information content (AvgIpc) is 3.16. The molecule has 2 aliphatic rings. The summed E-state index contributed by atoms with van der Waals surface area (Å²) in [5.74, 6) is -4.73. The van der Waals surface area contributed by atoms with Gasteiger partial charge in [-0.3, -0.25) is 19.2 Å². The van der Waals surface area contributed by atoms with Gasteiger partial charge in [0.15, 0.2) is 0 Å². The molecule has 2 atom stereocenters. The van der Waals surface area contributed by atoms with Crippen LogP contribution in [0.5, 0.6) is 0 Å². The van der Waals surface area contributed by atoms with E-state index in [2.05, 4.69) is 0 Å². The van der Waals surface area contributed by atoms with E-state index in [1.54, 1.807) is 19.1 Å². The van der Waals surface area contributed by atoms with E-state index in [1.807, 2.05) is 0 Å². The lowest BCUT2D eigenvalue weighted by Gasteiger charge is -2.39. The van der Waals surface area contributed by atoms with Gasteiger partial charge in [-0.1, -0.05) is 42.5 Å². The van der Waals surface area contributed by atoms with Gasteiger partial charge in [0.05, 0.1) is 11.4 Å². The molecule has 0 radical (unpaired) electrons. The SMILES string of the molecule is CC=CC(=O)OC1(C2(O)C(=O)N(C(C)=O)c3ccccc32)C(=O)N(C(C)=O)c2ccccc21. The minimum Gasteiger partial charge on any atom is -0.436 e. The first-order chi connectivity index (χ1) is 15.6. The standard InChI is InChI=1S/C24H20N2O7/c1-4-9-20(29)33-24(17-11-6-8-13-19(17)26(15(3)28)22(24)31)23(32)16-10-5-7-12-18(16)25(14(2)27)21(23)30/h4-13,32H,1-3H3. The summed E-state index contributed by atoms with van der Waals surface area (Å²) in [7, 11) is 0. The van der Waals surface area contributed by atoms with Crippen LogP contribution in [0.3, 0.4) is 0 Å². The third-order valence-electron chi connectivity index (χ3n) is 5.77. The predicted molar refractivity (Wildman–Crippen MR) is 116 cm³/mol. The third kappa shape index (κ3) is 2.72. The summed E-state index contributed by atoms with van der Waals surface area (Å²) in [6.45, 7) is 3.81. The summed E-state index contributed by atoms with van der Waals surface area (Å²) >= 11 is 0. The fraction of sp³-hybridized carbons (Fsp3) is 0.208. The van der Waals surface area contributed by atoms with Crippen molar-refractivity contribution in [3.63, 3.8) is 0 Å². The van der Waals surface area contributed by atoms with Crippen molar-refractivity contribution in [2.45, 2.75) is 32.0 Å². The molecule has 0 spiro atoms. The molecule has 168 valence electrons. The molecule has 4 amide bonds. The number of hydrogen-bond acceptors (Lipinski definition) is 7. The Balaban J connectivity index is 2.12. The highest BCUT2D eigenvalue weighted by Gasteiger charge is 2.74. The van der Waals surface area contributed by atoms with Crippen LogP contribution in [0.4, 0.5) is 11.4 Å². The van der Waals surface area contributed by atoms with Gasteiger partial charge in [0.25, 0.3) is 17.4 Å². The number of ether oxygens (including phenoxy) is 1. The molecule has 0 aliphatic carbocycles. The van der Waals surface area contributed by atoms with Crippen LogP contribution in [-0.2, 0) is 39.9 Å². The maximum absolute atomic E-state index is 13.9. The van der Waals surface area contributed by atoms with Gasteiger partial charge >= 0.3 is 5.97 Å². The summed E-state index contributed by atoms with van der Waals surface area (Å²) in [5, 5.41) is 12.1. The van der Waals surface area contributed by atoms with Gasteiger partial charge in [0, 0.05) is 31.1 Å². The predicted octanol–water partition coefficient (Wildman–Crippen LogP) is 1.68. The number of benzene rings is 2. The summed E-state index contributed by atoms with van der Waals surface area (Å²) in [5.41, 5.74) is -5.55. The van der Waals surface area contributed by atoms with Crippen LogP contribution in [-0.4, -0.2) is 34.7 Å². The molecule has 2 heterocycles. The van der Waals surface area contributed by atoms with Crippen LogP contribution >= 0.6 is 0 Å². The number of hydrogen-bond donors (Lipinski definition) is 1. The van der Waals surface area contributed by atoms with E-state index in [0.29, 0.717) is 0 Å². The molecule has 1 N–H and O–H groups in total. The lowest BCUT2D eigenvalue weighted by atomic mass is 9.74. The molecule has 4 rings (SSSR count). The van der Waals surface area contributed by atoms with Gasteiger partial charge in [-0.15, -0.1) is 0 Å². The van der Waals surface area contributed by atoms with Crippen molar-refractivity contribution >= 4 is 41.0 Å². The van der Waals surface area contributed by atoms with Gasteiger partial charge in [-0.2, -0.15) is 0 Å². The molecule has 0 saturated heterocycles. The second-order valence-electron chi connectivity index (χ2n) is 7.67. The topological polar surface area (TPSA) is 121 Å². The number of fused-ring (bicyclic) bond motifs is 2. The molecular weight excluding hydrogens is 428 g/mol. The minimum atomic E-state index is -2.83. The van der Waals surface area contributed by atoms with E-state index in [9.17, 15) is 29.1 Å². The number of para-hydroxylation sites is 2. The number of esters is 1. The zero-order valence-electron chi connectivity index (χ0n) is 18.1. The Morgan fingerprint density at radius 3 is 1.88 bits per heavy atom. The number of anilines is 2. The fourth-order valence-electron chi connectivity index (χ4n) is 4.52. The molecule has 2 aliphatic heterocycles. The van der Waals surface area contributed by atoms with Crippen LogP contribution in [0.1, 0.15) is 31.9 Å². The molecule has 33 heavy (non-hydrogen) atoms. The Bertz CT molecular complexity index is 1270. The molecule has 0 fully saturated rings. The van der Waals surface area contributed by atoms with E-state index in [4.69, 9.17) is 4.74 Å². The van der Waals surface area contributed by atoms with Crippen LogP contribution in [0, 0.1) is 0 Å². The Kier molecular flexibility index (Phi) is 5.02. The number of carbonyl (C=O) groups is 5. The van der Waals surface area contributed by atoms with E-state index in [1.165, 1.54) is 42.5 Å². The van der Waals surface area contributed by atoms with Gasteiger partial charge in [0.1, 0.15) is 0 Å². The Morgan fingerprint density at radius 1 is 0.848 bits per heavy atom. The lowest BCUT2D eigenvalue weighted by molar-refractivity contribution is -0.201. The molecule has 0 aromatic heterocycles. The van der Waals surface area contributed by atoms with Gasteiger partial charge < -0.3 is 9.84 Å². The average molecular weight is 448 g/mol. The third-order valence-corrected chi connectivity index (χ3v) is 5.77. The molecule has 0 bridgehead atoms.